The molecule has 0 aromatic heterocycles. The monoisotopic (exact) mass is 285 g/mol. The summed E-state index contributed by atoms with van der Waals surface area (Å²) in [5.74, 6) is -1.37. The Bertz CT molecular complexity index is 717. The second kappa shape index (κ2) is 4.90. The molecule has 1 heterocycles. The summed E-state index contributed by atoms with van der Waals surface area (Å²) < 4.78 is 4.60. The summed E-state index contributed by atoms with van der Waals surface area (Å²) in [4.78, 5) is 40.7. The summed E-state index contributed by atoms with van der Waals surface area (Å²) in [5.41, 5.74) is 0.624. The average molecular weight is 285 g/mol. The third-order valence-electron chi connectivity index (χ3n) is 3.16. The first-order valence-corrected chi connectivity index (χ1v) is 6.38. The Morgan fingerprint density at radius 1 is 1.05 bits per heavy atom. The molecular formula is C15H11NO5. The van der Waals surface area contributed by atoms with E-state index in [4.69, 9.17) is 4.84 Å². The fraction of sp³-hybridized carbons (Fsp3) is 0.133. The molecule has 0 fully saturated rings. The molecule has 6 heteroatoms. The lowest BCUT2D eigenvalue weighted by Crippen LogP contribution is -2.41. The number of benzene rings is 2. The van der Waals surface area contributed by atoms with Crippen LogP contribution in [0.2, 0.25) is 0 Å². The minimum absolute atomic E-state index is 0.0845. The second-order valence-electron chi connectivity index (χ2n) is 4.39. The van der Waals surface area contributed by atoms with Crippen LogP contribution in [0.1, 0.15) is 27.6 Å². The molecule has 0 spiro atoms. The van der Waals surface area contributed by atoms with E-state index in [1.807, 2.05) is 12.1 Å². The maximum absolute atomic E-state index is 12.3. The minimum Gasteiger partial charge on any atom is -0.433 e. The van der Waals surface area contributed by atoms with Crippen LogP contribution < -0.4 is 0 Å². The predicted octanol–water partition coefficient (Wildman–Crippen LogP) is 2.52. The van der Waals surface area contributed by atoms with Gasteiger partial charge in [-0.3, -0.25) is 14.4 Å². The fourth-order valence-corrected chi connectivity index (χ4v) is 2.31. The van der Waals surface area contributed by atoms with Crippen molar-refractivity contribution in [2.75, 3.05) is 6.61 Å². The molecule has 0 aliphatic carbocycles. The average Bonchev–Trinajstić information content (AvgIpc) is 2.49. The molecule has 6 nitrogen and oxygen atoms in total. The van der Waals surface area contributed by atoms with Gasteiger partial charge >= 0.3 is 6.16 Å². The van der Waals surface area contributed by atoms with Gasteiger partial charge in [-0.2, -0.15) is 0 Å². The van der Waals surface area contributed by atoms with Crippen molar-refractivity contribution in [2.24, 2.45) is 0 Å². The maximum atomic E-state index is 12.3. The Hall–Kier alpha value is -2.89. The molecule has 0 bridgehead atoms. The Morgan fingerprint density at radius 2 is 1.62 bits per heavy atom. The zero-order chi connectivity index (χ0) is 15.0. The van der Waals surface area contributed by atoms with E-state index >= 15 is 0 Å². The molecule has 2 aromatic carbocycles. The van der Waals surface area contributed by atoms with Gasteiger partial charge in [0.2, 0.25) is 0 Å². The SMILES string of the molecule is CCOC(=O)ON1C(=O)c2cccc3cccc(c23)C1=O. The Morgan fingerprint density at radius 3 is 2.14 bits per heavy atom. The molecule has 0 saturated heterocycles. The van der Waals surface area contributed by atoms with Crippen LogP contribution in [-0.2, 0) is 9.57 Å². The van der Waals surface area contributed by atoms with Crippen LogP contribution in [0, 0.1) is 0 Å². The number of ether oxygens (including phenoxy) is 1. The Kier molecular flexibility index (Phi) is 3.06. The highest BCUT2D eigenvalue weighted by molar-refractivity contribution is 6.25. The number of carbonyl (C=O) groups excluding carboxylic acids is 3. The molecule has 0 saturated carbocycles. The summed E-state index contributed by atoms with van der Waals surface area (Å²) >= 11 is 0. The van der Waals surface area contributed by atoms with Crippen LogP contribution in [-0.4, -0.2) is 29.6 Å². The molecule has 1 aliphatic rings. The number of carbonyl (C=O) groups is 3. The number of nitrogens with zero attached hydrogens (tertiary/aromatic N) is 1. The molecule has 2 amide bonds. The number of hydrogen-bond donors (Lipinski definition) is 0. The number of imide groups is 1. The van der Waals surface area contributed by atoms with Crippen LogP contribution in [0.3, 0.4) is 0 Å². The normalized spacial score (nSPS) is 13.5. The fourth-order valence-electron chi connectivity index (χ4n) is 2.31. The van der Waals surface area contributed by atoms with Crippen LogP contribution in [0.5, 0.6) is 0 Å². The molecule has 1 aliphatic heterocycles. The first kappa shape index (κ1) is 13.1. The van der Waals surface area contributed by atoms with Gasteiger partial charge in [-0.05, 0) is 24.4 Å². The van der Waals surface area contributed by atoms with Crippen molar-refractivity contribution in [3.8, 4) is 0 Å². The third-order valence-corrected chi connectivity index (χ3v) is 3.16. The van der Waals surface area contributed by atoms with Crippen molar-refractivity contribution in [2.45, 2.75) is 6.92 Å². The van der Waals surface area contributed by atoms with Gasteiger partial charge in [-0.25, -0.2) is 4.79 Å². The summed E-state index contributed by atoms with van der Waals surface area (Å²) in [6.45, 7) is 1.68. The first-order chi connectivity index (χ1) is 10.1. The van der Waals surface area contributed by atoms with Gasteiger partial charge in [0.05, 0.1) is 17.7 Å². The standard InChI is InChI=1S/C15H11NO5/c1-2-20-15(19)21-16-13(17)10-7-3-5-9-6-4-8-11(12(9)10)14(16)18/h3-8H,2H2,1H3. The lowest BCUT2D eigenvalue weighted by atomic mass is 9.95. The zero-order valence-electron chi connectivity index (χ0n) is 11.2. The molecule has 3 rings (SSSR count). The quantitative estimate of drug-likeness (QED) is 0.626. The molecule has 21 heavy (non-hydrogen) atoms. The van der Waals surface area contributed by atoms with Crippen molar-refractivity contribution in [1.82, 2.24) is 5.06 Å². The predicted molar refractivity (Wildman–Crippen MR) is 72.6 cm³/mol. The molecule has 0 N–H and O–H groups in total. The van der Waals surface area contributed by atoms with E-state index in [2.05, 4.69) is 4.74 Å². The van der Waals surface area contributed by atoms with Gasteiger partial charge in [0.1, 0.15) is 0 Å². The lowest BCUT2D eigenvalue weighted by Gasteiger charge is -2.24. The molecule has 2 aromatic rings. The summed E-state index contributed by atoms with van der Waals surface area (Å²) in [6.07, 6.45) is -1.09. The number of rotatable bonds is 2. The highest BCUT2D eigenvalue weighted by atomic mass is 16.8. The van der Waals surface area contributed by atoms with E-state index in [9.17, 15) is 14.4 Å². The van der Waals surface area contributed by atoms with Crippen molar-refractivity contribution in [3.63, 3.8) is 0 Å². The van der Waals surface area contributed by atoms with Crippen LogP contribution in [0.25, 0.3) is 10.8 Å². The smallest absolute Gasteiger partial charge is 0.433 e. The van der Waals surface area contributed by atoms with Gasteiger partial charge in [0, 0.05) is 5.39 Å². The topological polar surface area (TPSA) is 72.9 Å². The van der Waals surface area contributed by atoms with Crippen molar-refractivity contribution in [3.05, 3.63) is 47.5 Å². The molecule has 106 valence electrons. The van der Waals surface area contributed by atoms with Gasteiger partial charge < -0.3 is 4.74 Å². The second-order valence-corrected chi connectivity index (χ2v) is 4.39. The molecule has 0 atom stereocenters. The zero-order valence-corrected chi connectivity index (χ0v) is 11.2. The first-order valence-electron chi connectivity index (χ1n) is 6.38. The van der Waals surface area contributed by atoms with Crippen LogP contribution in [0.15, 0.2) is 36.4 Å². The summed E-state index contributed by atoms with van der Waals surface area (Å²) in [7, 11) is 0. The molecule has 0 radical (unpaired) electrons. The Labute approximate surface area is 119 Å². The Balaban J connectivity index is 2.09. The minimum atomic E-state index is -1.09. The summed E-state index contributed by atoms with van der Waals surface area (Å²) in [6, 6.07) is 10.2. The highest BCUT2D eigenvalue weighted by Gasteiger charge is 2.36. The molecular weight excluding hydrogens is 274 g/mol. The summed E-state index contributed by atoms with van der Waals surface area (Å²) in [5, 5.41) is 1.79. The van der Waals surface area contributed by atoms with E-state index in [1.54, 1.807) is 31.2 Å². The number of amides is 2. The van der Waals surface area contributed by atoms with Gasteiger partial charge in [0.15, 0.2) is 0 Å². The number of hydrogen-bond acceptors (Lipinski definition) is 5. The van der Waals surface area contributed by atoms with E-state index in [-0.39, 0.29) is 6.61 Å². The van der Waals surface area contributed by atoms with E-state index < -0.39 is 18.0 Å². The lowest BCUT2D eigenvalue weighted by molar-refractivity contribution is -0.0765. The highest BCUT2D eigenvalue weighted by Crippen LogP contribution is 2.30. The van der Waals surface area contributed by atoms with E-state index in [0.717, 1.165) is 5.39 Å². The van der Waals surface area contributed by atoms with Crippen LogP contribution >= 0.6 is 0 Å². The van der Waals surface area contributed by atoms with Crippen LogP contribution in [0.4, 0.5) is 4.79 Å². The molecule has 0 unspecified atom stereocenters. The largest absolute Gasteiger partial charge is 0.533 e. The van der Waals surface area contributed by atoms with Crippen molar-refractivity contribution < 1.29 is 24.0 Å². The number of hydroxylamine groups is 2. The van der Waals surface area contributed by atoms with E-state index in [0.29, 0.717) is 21.6 Å². The van der Waals surface area contributed by atoms with Gasteiger partial charge in [-0.15, -0.1) is 0 Å². The third kappa shape index (κ3) is 2.01. The van der Waals surface area contributed by atoms with Crippen molar-refractivity contribution in [1.29, 1.82) is 0 Å². The van der Waals surface area contributed by atoms with Gasteiger partial charge in [-0.1, -0.05) is 29.3 Å². The van der Waals surface area contributed by atoms with Gasteiger partial charge in [0.25, 0.3) is 11.8 Å². The van der Waals surface area contributed by atoms with E-state index in [1.165, 1.54) is 0 Å². The van der Waals surface area contributed by atoms with Crippen molar-refractivity contribution >= 4 is 28.7 Å². The maximum Gasteiger partial charge on any atom is 0.533 e.